The summed E-state index contributed by atoms with van der Waals surface area (Å²) in [6, 6.07) is 5.04. The van der Waals surface area contributed by atoms with E-state index in [4.69, 9.17) is 4.74 Å². The van der Waals surface area contributed by atoms with E-state index in [1.165, 1.54) is 12.8 Å². The zero-order chi connectivity index (χ0) is 29.4. The lowest BCUT2D eigenvalue weighted by molar-refractivity contribution is -0.134. The van der Waals surface area contributed by atoms with Crippen LogP contribution in [-0.4, -0.2) is 83.8 Å². The van der Waals surface area contributed by atoms with Crippen molar-refractivity contribution in [3.8, 4) is 5.75 Å². The Balaban J connectivity index is 1.50. The minimum atomic E-state index is -0.386. The summed E-state index contributed by atoms with van der Waals surface area (Å²) >= 11 is 0. The Bertz CT molecular complexity index is 1040. The van der Waals surface area contributed by atoms with Crippen LogP contribution in [0.1, 0.15) is 83.6 Å². The number of fused-ring (bicyclic) bond motifs is 1. The number of nitrogens with one attached hydrogen (secondary N) is 3. The maximum absolute atomic E-state index is 13.5. The first-order valence-corrected chi connectivity index (χ1v) is 15.5. The van der Waals surface area contributed by atoms with Gasteiger partial charge in [-0.05, 0) is 50.8 Å². The normalized spacial score (nSPS) is 23.2. The van der Waals surface area contributed by atoms with Gasteiger partial charge in [0.1, 0.15) is 11.9 Å². The molecule has 1 aromatic rings. The van der Waals surface area contributed by atoms with Crippen LogP contribution in [0.5, 0.6) is 5.75 Å². The highest BCUT2D eigenvalue weighted by atomic mass is 16.5. The summed E-state index contributed by atoms with van der Waals surface area (Å²) in [5.41, 5.74) is 1.25. The number of amides is 5. The monoisotopic (exact) mass is 571 g/mol. The fraction of sp³-hybridized carbons (Fsp3) is 0.710. The number of urea groups is 2. The molecule has 228 valence electrons. The van der Waals surface area contributed by atoms with Crippen LogP contribution < -0.4 is 20.7 Å². The average Bonchev–Trinajstić information content (AvgIpc) is 3.01. The van der Waals surface area contributed by atoms with E-state index in [2.05, 4.69) is 16.0 Å². The molecule has 2 aliphatic carbocycles. The highest BCUT2D eigenvalue weighted by molar-refractivity contribution is 5.90. The number of benzene rings is 1. The number of carbonyl (C=O) groups excluding carboxylic acids is 3. The number of likely N-dealkylation sites (N-methyl/N-ethyl adjacent to an activating group) is 1. The largest absolute Gasteiger partial charge is 0.488 e. The molecular weight excluding hydrogens is 522 g/mol. The van der Waals surface area contributed by atoms with E-state index >= 15 is 0 Å². The van der Waals surface area contributed by atoms with Crippen LogP contribution >= 0.6 is 0 Å². The number of nitrogens with zero attached hydrogens (tertiary/aromatic N) is 2. The van der Waals surface area contributed by atoms with E-state index in [0.29, 0.717) is 30.1 Å². The Kier molecular flexibility index (Phi) is 11.1. The molecule has 0 aromatic heterocycles. The number of aliphatic hydroxyl groups excluding tert-OH is 1. The molecule has 0 saturated heterocycles. The Labute approximate surface area is 244 Å². The van der Waals surface area contributed by atoms with Crippen LogP contribution in [0, 0.1) is 5.92 Å². The standard InChI is InChI=1S/C31H49N5O5/c1-21-18-36(22(2)20-37)29(38)17-23-16-26(33-30(39)32-24-10-6-4-7-11-24)14-15-27(23)41-28(21)19-35(3)31(40)34-25-12-8-5-9-13-25/h14-16,21-22,24-25,28,37H,4-13,17-20H2,1-3H3,(H,34,40)(H2,32,33,39)/t21-,22-,28+/m1/s1. The van der Waals surface area contributed by atoms with Gasteiger partial charge in [0.15, 0.2) is 0 Å². The average molecular weight is 572 g/mol. The summed E-state index contributed by atoms with van der Waals surface area (Å²) in [6.07, 6.45) is 10.7. The fourth-order valence-electron chi connectivity index (χ4n) is 6.21. The summed E-state index contributed by atoms with van der Waals surface area (Å²) in [5.74, 6) is 0.340. The van der Waals surface area contributed by atoms with Crippen LogP contribution in [0.2, 0.25) is 0 Å². The number of ether oxygens (including phenoxy) is 1. The highest BCUT2D eigenvalue weighted by Gasteiger charge is 2.32. The summed E-state index contributed by atoms with van der Waals surface area (Å²) in [6.45, 7) is 4.43. The molecule has 1 aliphatic heterocycles. The van der Waals surface area contributed by atoms with E-state index in [1.54, 1.807) is 35.0 Å². The first-order valence-electron chi connectivity index (χ1n) is 15.5. The number of carbonyl (C=O) groups is 3. The molecule has 5 amide bonds. The van der Waals surface area contributed by atoms with Gasteiger partial charge < -0.3 is 35.6 Å². The van der Waals surface area contributed by atoms with Crippen molar-refractivity contribution >= 4 is 23.7 Å². The molecule has 2 saturated carbocycles. The molecule has 1 heterocycles. The van der Waals surface area contributed by atoms with Gasteiger partial charge in [0.05, 0.1) is 25.6 Å². The van der Waals surface area contributed by atoms with Crippen molar-refractivity contribution in [1.29, 1.82) is 0 Å². The van der Waals surface area contributed by atoms with Gasteiger partial charge >= 0.3 is 12.1 Å². The van der Waals surface area contributed by atoms with Crippen molar-refractivity contribution in [3.05, 3.63) is 23.8 Å². The van der Waals surface area contributed by atoms with Crippen LogP contribution in [0.25, 0.3) is 0 Å². The molecule has 41 heavy (non-hydrogen) atoms. The lowest BCUT2D eigenvalue weighted by atomic mass is 9.96. The Hall–Kier alpha value is -3.01. The minimum Gasteiger partial charge on any atom is -0.488 e. The van der Waals surface area contributed by atoms with E-state index in [9.17, 15) is 19.5 Å². The van der Waals surface area contributed by atoms with E-state index < -0.39 is 0 Å². The Morgan fingerprint density at radius 1 is 1.05 bits per heavy atom. The van der Waals surface area contributed by atoms with Gasteiger partial charge in [0.2, 0.25) is 5.91 Å². The number of hydrogen-bond donors (Lipinski definition) is 4. The number of hydrogen-bond acceptors (Lipinski definition) is 5. The Morgan fingerprint density at radius 2 is 1.68 bits per heavy atom. The van der Waals surface area contributed by atoms with Crippen molar-refractivity contribution in [2.75, 3.05) is 32.1 Å². The molecule has 10 nitrogen and oxygen atoms in total. The molecule has 10 heteroatoms. The topological polar surface area (TPSA) is 123 Å². The summed E-state index contributed by atoms with van der Waals surface area (Å²) in [7, 11) is 1.78. The van der Waals surface area contributed by atoms with Crippen LogP contribution in [0.15, 0.2) is 18.2 Å². The molecule has 1 aromatic carbocycles. The van der Waals surface area contributed by atoms with Crippen molar-refractivity contribution in [2.24, 2.45) is 5.92 Å². The molecule has 0 bridgehead atoms. The van der Waals surface area contributed by atoms with Gasteiger partial charge in [-0.3, -0.25) is 4.79 Å². The fourth-order valence-corrected chi connectivity index (χ4v) is 6.21. The van der Waals surface area contributed by atoms with Crippen LogP contribution in [0.4, 0.5) is 15.3 Å². The van der Waals surface area contributed by atoms with Crippen LogP contribution in [0.3, 0.4) is 0 Å². The molecule has 4 rings (SSSR count). The number of aliphatic hydroxyl groups is 1. The predicted octanol–water partition coefficient (Wildman–Crippen LogP) is 4.26. The summed E-state index contributed by atoms with van der Waals surface area (Å²) in [4.78, 5) is 42.6. The third-order valence-corrected chi connectivity index (χ3v) is 8.85. The lowest BCUT2D eigenvalue weighted by Crippen LogP contribution is -2.50. The van der Waals surface area contributed by atoms with Crippen molar-refractivity contribution in [2.45, 2.75) is 109 Å². The van der Waals surface area contributed by atoms with Gasteiger partial charge in [0, 0.05) is 42.8 Å². The lowest BCUT2D eigenvalue weighted by Gasteiger charge is -2.34. The maximum atomic E-state index is 13.5. The smallest absolute Gasteiger partial charge is 0.319 e. The van der Waals surface area contributed by atoms with Crippen molar-refractivity contribution in [3.63, 3.8) is 0 Å². The van der Waals surface area contributed by atoms with Gasteiger partial charge in [-0.1, -0.05) is 45.4 Å². The first-order chi connectivity index (χ1) is 19.7. The molecular formula is C31H49N5O5. The summed E-state index contributed by atoms with van der Waals surface area (Å²) in [5, 5.41) is 19.1. The first kappa shape index (κ1) is 30.9. The Morgan fingerprint density at radius 3 is 2.32 bits per heavy atom. The van der Waals surface area contributed by atoms with Gasteiger partial charge in [-0.15, -0.1) is 0 Å². The second-order valence-electron chi connectivity index (χ2n) is 12.3. The minimum absolute atomic E-state index is 0.0802. The highest BCUT2D eigenvalue weighted by Crippen LogP contribution is 2.29. The third kappa shape index (κ3) is 8.74. The molecule has 4 N–H and O–H groups in total. The van der Waals surface area contributed by atoms with E-state index in [0.717, 1.165) is 51.4 Å². The predicted molar refractivity (Wildman–Crippen MR) is 159 cm³/mol. The molecule has 3 atom stereocenters. The second kappa shape index (κ2) is 14.8. The van der Waals surface area contributed by atoms with Crippen molar-refractivity contribution in [1.82, 2.24) is 20.4 Å². The zero-order valence-electron chi connectivity index (χ0n) is 25.0. The quantitative estimate of drug-likeness (QED) is 0.389. The van der Waals surface area contributed by atoms with Gasteiger partial charge in [0.25, 0.3) is 0 Å². The molecule has 0 unspecified atom stereocenters. The molecule has 3 aliphatic rings. The van der Waals surface area contributed by atoms with E-state index in [1.807, 2.05) is 13.8 Å². The summed E-state index contributed by atoms with van der Waals surface area (Å²) < 4.78 is 6.54. The molecule has 0 spiro atoms. The van der Waals surface area contributed by atoms with Gasteiger partial charge in [-0.2, -0.15) is 0 Å². The van der Waals surface area contributed by atoms with E-state index in [-0.39, 0.29) is 61.1 Å². The number of anilines is 1. The van der Waals surface area contributed by atoms with Gasteiger partial charge in [-0.25, -0.2) is 9.59 Å². The van der Waals surface area contributed by atoms with Crippen LogP contribution in [-0.2, 0) is 11.2 Å². The SMILES string of the molecule is C[C@@H]1CN([C@H](C)CO)C(=O)Cc2cc(NC(=O)NC3CCCCC3)ccc2O[C@H]1CN(C)C(=O)NC1CCCCC1. The molecule has 0 radical (unpaired) electrons. The molecule has 2 fully saturated rings. The second-order valence-corrected chi connectivity index (χ2v) is 12.3. The number of rotatable bonds is 7. The maximum Gasteiger partial charge on any atom is 0.319 e. The third-order valence-electron chi connectivity index (χ3n) is 8.85. The van der Waals surface area contributed by atoms with Crippen molar-refractivity contribution < 1.29 is 24.2 Å². The zero-order valence-corrected chi connectivity index (χ0v) is 25.0.